The van der Waals surface area contributed by atoms with Gasteiger partial charge in [0.1, 0.15) is 11.6 Å². The zero-order valence-corrected chi connectivity index (χ0v) is 19.9. The van der Waals surface area contributed by atoms with Gasteiger partial charge in [-0.1, -0.05) is 23.4 Å². The summed E-state index contributed by atoms with van der Waals surface area (Å²) >= 11 is 6.70. The Kier molecular flexibility index (Phi) is 8.09. The lowest BCUT2D eigenvalue weighted by molar-refractivity contribution is -0.137. The van der Waals surface area contributed by atoms with Crippen LogP contribution in [-0.2, 0) is 11.0 Å². The maximum atomic E-state index is 13.3. The van der Waals surface area contributed by atoms with Crippen LogP contribution in [0.2, 0.25) is 5.02 Å². The number of hydrogen-bond donors (Lipinski definition) is 1. The number of hydrogen-bond acceptors (Lipinski definition) is 5. The standard InChI is InChI=1S/C22H21ClF4N4O2S/c1-12(2)31-20(13(3)33-16-7-5-15(24)6-8-16)29-30-21(31)34-11-19(32)28-18-9-4-14(23)10-17(18)22(25,26)27/h4-10,12-13H,11H2,1-3H3,(H,28,32). The Labute approximate surface area is 202 Å². The fourth-order valence-electron chi connectivity index (χ4n) is 3.10. The third-order valence-electron chi connectivity index (χ3n) is 4.59. The van der Waals surface area contributed by atoms with E-state index in [1.54, 1.807) is 11.5 Å². The van der Waals surface area contributed by atoms with E-state index in [1.165, 1.54) is 30.3 Å². The number of ether oxygens (including phenoxy) is 1. The van der Waals surface area contributed by atoms with Gasteiger partial charge >= 0.3 is 6.18 Å². The summed E-state index contributed by atoms with van der Waals surface area (Å²) in [6.07, 6.45) is -5.21. The van der Waals surface area contributed by atoms with Gasteiger partial charge in [-0.25, -0.2) is 4.39 Å². The highest BCUT2D eigenvalue weighted by Crippen LogP contribution is 2.36. The van der Waals surface area contributed by atoms with Crippen LogP contribution < -0.4 is 10.1 Å². The van der Waals surface area contributed by atoms with Gasteiger partial charge in [-0.15, -0.1) is 10.2 Å². The van der Waals surface area contributed by atoms with Gasteiger partial charge in [-0.3, -0.25) is 4.79 Å². The van der Waals surface area contributed by atoms with Crippen molar-refractivity contribution in [2.45, 2.75) is 44.2 Å². The maximum absolute atomic E-state index is 13.3. The summed E-state index contributed by atoms with van der Waals surface area (Å²) < 4.78 is 60.5. The minimum Gasteiger partial charge on any atom is -0.483 e. The lowest BCUT2D eigenvalue weighted by Crippen LogP contribution is -2.19. The summed E-state index contributed by atoms with van der Waals surface area (Å²) in [4.78, 5) is 12.4. The molecule has 3 aromatic rings. The molecule has 12 heteroatoms. The van der Waals surface area contributed by atoms with Gasteiger partial charge in [0.05, 0.1) is 17.0 Å². The maximum Gasteiger partial charge on any atom is 0.418 e. The van der Waals surface area contributed by atoms with Crippen molar-refractivity contribution in [2.24, 2.45) is 0 Å². The number of alkyl halides is 3. The molecular formula is C22H21ClF4N4O2S. The third kappa shape index (κ3) is 6.41. The number of thioether (sulfide) groups is 1. The number of anilines is 1. The van der Waals surface area contributed by atoms with Crippen LogP contribution in [0.25, 0.3) is 0 Å². The second kappa shape index (κ2) is 10.6. The van der Waals surface area contributed by atoms with Crippen LogP contribution in [0.5, 0.6) is 5.75 Å². The monoisotopic (exact) mass is 516 g/mol. The van der Waals surface area contributed by atoms with Gasteiger partial charge in [-0.05, 0) is 63.2 Å². The summed E-state index contributed by atoms with van der Waals surface area (Å²) in [5.74, 6) is -0.294. The van der Waals surface area contributed by atoms with Crippen molar-refractivity contribution in [3.05, 3.63) is 64.7 Å². The molecule has 0 radical (unpaired) electrons. The Morgan fingerprint density at radius 3 is 2.44 bits per heavy atom. The summed E-state index contributed by atoms with van der Waals surface area (Å²) in [6.45, 7) is 5.54. The van der Waals surface area contributed by atoms with Gasteiger partial charge in [0, 0.05) is 11.1 Å². The molecule has 0 aliphatic heterocycles. The van der Waals surface area contributed by atoms with E-state index < -0.39 is 23.8 Å². The van der Waals surface area contributed by atoms with Gasteiger partial charge in [-0.2, -0.15) is 13.2 Å². The van der Waals surface area contributed by atoms with Crippen molar-refractivity contribution in [3.8, 4) is 5.75 Å². The average Bonchev–Trinajstić information content (AvgIpc) is 3.19. The van der Waals surface area contributed by atoms with E-state index >= 15 is 0 Å². The molecule has 0 aliphatic rings. The summed E-state index contributed by atoms with van der Waals surface area (Å²) in [5.41, 5.74) is -1.41. The van der Waals surface area contributed by atoms with Crippen molar-refractivity contribution < 1.29 is 27.1 Å². The van der Waals surface area contributed by atoms with E-state index in [1.807, 2.05) is 13.8 Å². The van der Waals surface area contributed by atoms with E-state index in [0.29, 0.717) is 16.7 Å². The number of aromatic nitrogens is 3. The van der Waals surface area contributed by atoms with Gasteiger partial charge in [0.2, 0.25) is 5.91 Å². The second-order valence-corrected chi connectivity index (χ2v) is 8.92. The number of benzene rings is 2. The van der Waals surface area contributed by atoms with Gasteiger partial charge in [0.25, 0.3) is 0 Å². The van der Waals surface area contributed by atoms with Crippen LogP contribution in [0.15, 0.2) is 47.6 Å². The van der Waals surface area contributed by atoms with Gasteiger partial charge in [0.15, 0.2) is 17.1 Å². The second-order valence-electron chi connectivity index (χ2n) is 7.54. The minimum atomic E-state index is -4.67. The van der Waals surface area contributed by atoms with E-state index in [4.69, 9.17) is 16.3 Å². The molecule has 1 amide bonds. The summed E-state index contributed by atoms with van der Waals surface area (Å²) in [6, 6.07) is 8.58. The van der Waals surface area contributed by atoms with Crippen molar-refractivity contribution in [1.29, 1.82) is 0 Å². The van der Waals surface area contributed by atoms with Crippen LogP contribution in [0.1, 0.15) is 44.3 Å². The lowest BCUT2D eigenvalue weighted by Gasteiger charge is -2.19. The summed E-state index contributed by atoms with van der Waals surface area (Å²) in [5, 5.41) is 10.9. The molecular weight excluding hydrogens is 496 g/mol. The smallest absolute Gasteiger partial charge is 0.418 e. The Balaban J connectivity index is 1.71. The lowest BCUT2D eigenvalue weighted by atomic mass is 10.1. The predicted octanol–water partition coefficient (Wildman–Crippen LogP) is 6.54. The fraction of sp³-hybridized carbons (Fsp3) is 0.318. The first-order valence-electron chi connectivity index (χ1n) is 10.1. The van der Waals surface area contributed by atoms with Crippen LogP contribution in [0.3, 0.4) is 0 Å². The normalized spacial score (nSPS) is 12.6. The zero-order chi connectivity index (χ0) is 25.0. The molecule has 0 bridgehead atoms. The van der Waals surface area contributed by atoms with Crippen molar-refractivity contribution in [1.82, 2.24) is 14.8 Å². The number of amides is 1. The van der Waals surface area contributed by atoms with Crippen molar-refractivity contribution >= 4 is 35.0 Å². The Bertz CT molecular complexity index is 1150. The molecule has 2 aromatic carbocycles. The number of carbonyl (C=O) groups excluding carboxylic acids is 1. The van der Waals surface area contributed by atoms with Crippen molar-refractivity contribution in [3.63, 3.8) is 0 Å². The molecule has 0 spiro atoms. The van der Waals surface area contributed by atoms with E-state index in [0.717, 1.165) is 23.9 Å². The first kappa shape index (κ1) is 25.8. The van der Waals surface area contributed by atoms with Crippen molar-refractivity contribution in [2.75, 3.05) is 11.1 Å². The molecule has 1 N–H and O–H groups in total. The zero-order valence-electron chi connectivity index (χ0n) is 18.4. The quantitative estimate of drug-likeness (QED) is 0.272. The highest BCUT2D eigenvalue weighted by Gasteiger charge is 2.34. The molecule has 1 atom stereocenters. The topological polar surface area (TPSA) is 69.0 Å². The third-order valence-corrected chi connectivity index (χ3v) is 5.77. The molecule has 34 heavy (non-hydrogen) atoms. The molecule has 0 saturated heterocycles. The predicted molar refractivity (Wildman–Crippen MR) is 122 cm³/mol. The Morgan fingerprint density at radius 2 is 1.82 bits per heavy atom. The van der Waals surface area contributed by atoms with E-state index in [-0.39, 0.29) is 28.3 Å². The first-order chi connectivity index (χ1) is 16.0. The first-order valence-corrected chi connectivity index (χ1v) is 11.5. The molecule has 1 unspecified atom stereocenters. The molecule has 0 aliphatic carbocycles. The molecule has 1 aromatic heterocycles. The van der Waals surface area contributed by atoms with Crippen LogP contribution in [0, 0.1) is 5.82 Å². The van der Waals surface area contributed by atoms with Crippen LogP contribution >= 0.6 is 23.4 Å². The number of nitrogens with zero attached hydrogens (tertiary/aromatic N) is 3. The molecule has 182 valence electrons. The summed E-state index contributed by atoms with van der Waals surface area (Å²) in [7, 11) is 0. The molecule has 0 saturated carbocycles. The molecule has 6 nitrogen and oxygen atoms in total. The highest BCUT2D eigenvalue weighted by atomic mass is 35.5. The van der Waals surface area contributed by atoms with Crippen LogP contribution in [0.4, 0.5) is 23.2 Å². The number of halogens is 5. The molecule has 1 heterocycles. The largest absolute Gasteiger partial charge is 0.483 e. The van der Waals surface area contributed by atoms with Gasteiger partial charge < -0.3 is 14.6 Å². The van der Waals surface area contributed by atoms with Crippen LogP contribution in [-0.4, -0.2) is 26.4 Å². The van der Waals surface area contributed by atoms with E-state index in [9.17, 15) is 22.4 Å². The number of rotatable bonds is 8. The minimum absolute atomic E-state index is 0.0887. The molecule has 3 rings (SSSR count). The number of carbonyl (C=O) groups is 1. The fourth-order valence-corrected chi connectivity index (χ4v) is 4.14. The highest BCUT2D eigenvalue weighted by molar-refractivity contribution is 7.99. The molecule has 0 fully saturated rings. The number of nitrogens with one attached hydrogen (secondary N) is 1. The van der Waals surface area contributed by atoms with E-state index in [2.05, 4.69) is 15.5 Å². The SMILES string of the molecule is CC(Oc1ccc(F)cc1)c1nnc(SCC(=O)Nc2ccc(Cl)cc2C(F)(F)F)n1C(C)C. The average molecular weight is 517 g/mol. The Hall–Kier alpha value is -2.79. The Morgan fingerprint density at radius 1 is 1.15 bits per heavy atom.